The Kier molecular flexibility index (Phi) is 5.98. The highest BCUT2D eigenvalue weighted by Gasteiger charge is 2.47. The second-order valence-corrected chi connectivity index (χ2v) is 12.3. The molecule has 1 aromatic carbocycles. The topological polar surface area (TPSA) is 113 Å². The molecule has 0 spiro atoms. The fourth-order valence-corrected chi connectivity index (χ4v) is 7.15. The van der Waals surface area contributed by atoms with Gasteiger partial charge in [-0.25, -0.2) is 9.97 Å². The number of hydrogen-bond acceptors (Lipinski definition) is 7. The third-order valence-electron chi connectivity index (χ3n) is 9.67. The van der Waals surface area contributed by atoms with E-state index >= 15 is 0 Å². The third-order valence-corrected chi connectivity index (χ3v) is 9.67. The van der Waals surface area contributed by atoms with Crippen LogP contribution in [0.2, 0.25) is 0 Å². The van der Waals surface area contributed by atoms with Crippen LogP contribution in [0.3, 0.4) is 0 Å². The summed E-state index contributed by atoms with van der Waals surface area (Å²) in [7, 11) is 5.29. The van der Waals surface area contributed by atoms with Crippen molar-refractivity contribution in [3.63, 3.8) is 0 Å². The number of nitrogens with two attached hydrogens (primary N) is 1. The van der Waals surface area contributed by atoms with Gasteiger partial charge in [-0.3, -0.25) is 9.78 Å². The van der Waals surface area contributed by atoms with Gasteiger partial charge >= 0.3 is 0 Å². The quantitative estimate of drug-likeness (QED) is 0.300. The van der Waals surface area contributed by atoms with Crippen molar-refractivity contribution in [1.29, 1.82) is 0 Å². The molecule has 2 bridgehead atoms. The number of aryl methyl sites for hydroxylation is 1. The average Bonchev–Trinajstić information content (AvgIpc) is 3.44. The lowest BCUT2D eigenvalue weighted by Crippen LogP contribution is -2.41. The summed E-state index contributed by atoms with van der Waals surface area (Å²) < 4.78 is 15.6. The van der Waals surface area contributed by atoms with Crippen molar-refractivity contribution in [2.45, 2.75) is 44.3 Å². The van der Waals surface area contributed by atoms with Crippen molar-refractivity contribution >= 4 is 28.0 Å². The molecule has 1 saturated heterocycles. The second kappa shape index (κ2) is 9.80. The molecule has 2 saturated carbocycles. The van der Waals surface area contributed by atoms with Crippen LogP contribution >= 0.6 is 0 Å². The summed E-state index contributed by atoms with van der Waals surface area (Å²) in [5.74, 6) is 3.15. The summed E-state index contributed by atoms with van der Waals surface area (Å²) in [6.45, 7) is 1.59. The SMILES string of the molecule is COc1cncc(-c2ccc3cc(-c4nc5cc(C(=O)N6C[C@H]7CC[C@@H]6[C@@H]7N)cc(OC)c5n4C)n(CC4CC4)c3n2)c1. The van der Waals surface area contributed by atoms with Crippen LogP contribution in [-0.2, 0) is 13.6 Å². The van der Waals surface area contributed by atoms with Crippen LogP contribution in [0.5, 0.6) is 11.5 Å². The predicted octanol–water partition coefficient (Wildman–Crippen LogP) is 4.64. The molecule has 220 valence electrons. The van der Waals surface area contributed by atoms with Gasteiger partial charge in [-0.05, 0) is 73.9 Å². The highest BCUT2D eigenvalue weighted by molar-refractivity contribution is 6.00. The molecule has 8 rings (SSSR count). The van der Waals surface area contributed by atoms with Crippen LogP contribution in [0, 0.1) is 11.8 Å². The zero-order valence-corrected chi connectivity index (χ0v) is 24.7. The number of hydrogen-bond donors (Lipinski definition) is 1. The predicted molar refractivity (Wildman–Crippen MR) is 164 cm³/mol. The number of benzene rings is 1. The molecule has 3 aliphatic rings. The number of rotatable bonds is 7. The molecular weight excluding hydrogens is 542 g/mol. The van der Waals surface area contributed by atoms with Gasteiger partial charge in [-0.15, -0.1) is 0 Å². The van der Waals surface area contributed by atoms with E-state index < -0.39 is 0 Å². The first-order valence-corrected chi connectivity index (χ1v) is 15.0. The summed E-state index contributed by atoms with van der Waals surface area (Å²) >= 11 is 0. The first-order chi connectivity index (χ1) is 20.9. The fourth-order valence-electron chi connectivity index (χ4n) is 7.15. The summed E-state index contributed by atoms with van der Waals surface area (Å²) in [6, 6.07) is 12.2. The molecule has 1 amide bonds. The minimum atomic E-state index is 0.00154. The standard InChI is InChI=1S/C33H35N7O3/c1-38-30-25(11-21(13-28(30)43-3)33(41)40-17-20-7-9-26(40)29(20)34)37-32(38)27-12-19-6-8-24(22-10-23(42-2)15-35-14-22)36-31(19)39(27)16-18-4-5-18/h6,8,10-15,18,20,26,29H,4-5,7,9,16-17,34H2,1-3H3/t20-,26-,29-/m1/s1. The molecule has 43 heavy (non-hydrogen) atoms. The average molecular weight is 578 g/mol. The Labute approximate surface area is 249 Å². The largest absolute Gasteiger partial charge is 0.495 e. The molecule has 5 heterocycles. The number of fused-ring (bicyclic) bond motifs is 4. The van der Waals surface area contributed by atoms with Crippen LogP contribution in [0.25, 0.3) is 44.8 Å². The van der Waals surface area contributed by atoms with Crippen LogP contribution < -0.4 is 15.2 Å². The van der Waals surface area contributed by atoms with Crippen molar-refractivity contribution < 1.29 is 14.3 Å². The minimum Gasteiger partial charge on any atom is -0.495 e. The molecule has 10 heteroatoms. The molecule has 0 radical (unpaired) electrons. The monoisotopic (exact) mass is 577 g/mol. The van der Waals surface area contributed by atoms with E-state index in [0.717, 1.165) is 70.8 Å². The van der Waals surface area contributed by atoms with Gasteiger partial charge in [0.2, 0.25) is 0 Å². The van der Waals surface area contributed by atoms with Gasteiger partial charge in [-0.1, -0.05) is 0 Å². The summed E-state index contributed by atoms with van der Waals surface area (Å²) in [5, 5.41) is 1.05. The van der Waals surface area contributed by atoms with Crippen molar-refractivity contribution in [2.75, 3.05) is 20.8 Å². The van der Waals surface area contributed by atoms with Gasteiger partial charge < -0.3 is 29.2 Å². The molecule has 2 aliphatic carbocycles. The van der Waals surface area contributed by atoms with Gasteiger partial charge in [0.1, 0.15) is 22.7 Å². The lowest BCUT2D eigenvalue weighted by molar-refractivity contribution is 0.0700. The smallest absolute Gasteiger partial charge is 0.254 e. The summed E-state index contributed by atoms with van der Waals surface area (Å²) in [5.41, 5.74) is 12.2. The number of piperidine rings is 1. The van der Waals surface area contributed by atoms with E-state index in [0.29, 0.717) is 28.9 Å². The maximum atomic E-state index is 13.7. The van der Waals surface area contributed by atoms with Crippen LogP contribution in [0.15, 0.2) is 48.8 Å². The van der Waals surface area contributed by atoms with Crippen molar-refractivity contribution in [2.24, 2.45) is 24.6 Å². The minimum absolute atomic E-state index is 0.00154. The van der Waals surface area contributed by atoms with Crippen molar-refractivity contribution in [3.05, 3.63) is 54.4 Å². The molecule has 10 nitrogen and oxygen atoms in total. The lowest BCUT2D eigenvalue weighted by atomic mass is 10.1. The maximum absolute atomic E-state index is 13.7. The summed E-state index contributed by atoms with van der Waals surface area (Å²) in [6.07, 6.45) is 8.00. The number of pyridine rings is 2. The number of likely N-dealkylation sites (tertiary alicyclic amines) is 1. The van der Waals surface area contributed by atoms with Crippen LogP contribution in [-0.4, -0.2) is 67.7 Å². The molecule has 3 fully saturated rings. The van der Waals surface area contributed by atoms with E-state index in [4.69, 9.17) is 25.2 Å². The van der Waals surface area contributed by atoms with E-state index in [1.807, 2.05) is 42.4 Å². The Hall–Kier alpha value is -4.44. The number of carbonyl (C=O) groups excluding carboxylic acids is 1. The van der Waals surface area contributed by atoms with Gasteiger partial charge in [0.25, 0.3) is 5.91 Å². The Morgan fingerprint density at radius 2 is 1.88 bits per heavy atom. The van der Waals surface area contributed by atoms with E-state index in [9.17, 15) is 4.79 Å². The number of nitrogens with zero attached hydrogens (tertiary/aromatic N) is 6. The number of carbonyl (C=O) groups is 1. The zero-order valence-electron chi connectivity index (χ0n) is 24.7. The first-order valence-electron chi connectivity index (χ1n) is 15.0. The molecule has 2 N–H and O–H groups in total. The Balaban J connectivity index is 1.24. The molecule has 1 aliphatic heterocycles. The number of ether oxygens (including phenoxy) is 2. The van der Waals surface area contributed by atoms with E-state index in [1.165, 1.54) is 12.8 Å². The molecule has 3 atom stereocenters. The first kappa shape index (κ1) is 26.2. The van der Waals surface area contributed by atoms with Gasteiger partial charge in [0, 0.05) is 54.9 Å². The van der Waals surface area contributed by atoms with Gasteiger partial charge in [-0.2, -0.15) is 0 Å². The van der Waals surface area contributed by atoms with E-state index in [2.05, 4.69) is 26.3 Å². The second-order valence-electron chi connectivity index (χ2n) is 12.3. The number of aromatic nitrogens is 5. The Morgan fingerprint density at radius 3 is 2.60 bits per heavy atom. The normalized spacial score (nSPS) is 21.3. The maximum Gasteiger partial charge on any atom is 0.254 e. The van der Waals surface area contributed by atoms with Crippen LogP contribution in [0.1, 0.15) is 36.0 Å². The third kappa shape index (κ3) is 4.18. The van der Waals surface area contributed by atoms with E-state index in [1.54, 1.807) is 20.4 Å². The van der Waals surface area contributed by atoms with Gasteiger partial charge in [0.15, 0.2) is 5.82 Å². The van der Waals surface area contributed by atoms with Crippen LogP contribution in [0.4, 0.5) is 0 Å². The highest BCUT2D eigenvalue weighted by atomic mass is 16.5. The highest BCUT2D eigenvalue weighted by Crippen LogP contribution is 2.40. The number of imidazole rings is 1. The zero-order chi connectivity index (χ0) is 29.4. The summed E-state index contributed by atoms with van der Waals surface area (Å²) in [4.78, 5) is 30.2. The number of amides is 1. The molecule has 5 aromatic rings. The van der Waals surface area contributed by atoms with Crippen molar-refractivity contribution in [1.82, 2.24) is 29.0 Å². The Morgan fingerprint density at radius 1 is 1.02 bits per heavy atom. The van der Waals surface area contributed by atoms with Gasteiger partial charge in [0.05, 0.1) is 37.3 Å². The number of methoxy groups -OCH3 is 2. The molecule has 4 aromatic heterocycles. The van der Waals surface area contributed by atoms with E-state index in [-0.39, 0.29) is 18.0 Å². The Bertz CT molecular complexity index is 1910. The fraction of sp³-hybridized carbons (Fsp3) is 0.394. The van der Waals surface area contributed by atoms with Crippen molar-refractivity contribution in [3.8, 4) is 34.3 Å². The molecule has 0 unspecified atom stereocenters. The molecular formula is C33H35N7O3. The lowest BCUT2D eigenvalue weighted by Gasteiger charge is -2.27.